The Kier molecular flexibility index (Phi) is 5.79. The molecule has 0 saturated heterocycles. The van der Waals surface area contributed by atoms with Crippen LogP contribution in [0.1, 0.15) is 36.8 Å². The summed E-state index contributed by atoms with van der Waals surface area (Å²) in [5.41, 5.74) is 0.992. The third kappa shape index (κ3) is 4.11. The van der Waals surface area contributed by atoms with E-state index in [1.165, 1.54) is 12.3 Å². The molecule has 0 bridgehead atoms. The van der Waals surface area contributed by atoms with E-state index in [0.717, 1.165) is 17.7 Å². The van der Waals surface area contributed by atoms with Crippen LogP contribution >= 0.6 is 0 Å². The predicted molar refractivity (Wildman–Crippen MR) is 105 cm³/mol. The van der Waals surface area contributed by atoms with E-state index in [4.69, 9.17) is 15.0 Å². The molecule has 11 heteroatoms. The second kappa shape index (κ2) is 8.47. The van der Waals surface area contributed by atoms with Crippen molar-refractivity contribution in [3.63, 3.8) is 0 Å². The topological polar surface area (TPSA) is 175 Å². The number of aromatic hydroxyl groups is 1. The summed E-state index contributed by atoms with van der Waals surface area (Å²) in [4.78, 5) is 47.4. The van der Waals surface area contributed by atoms with Gasteiger partial charge in [-0.25, -0.2) is 15.4 Å². The van der Waals surface area contributed by atoms with Gasteiger partial charge in [0.2, 0.25) is 5.76 Å². The third-order valence-corrected chi connectivity index (χ3v) is 4.28. The van der Waals surface area contributed by atoms with Crippen LogP contribution in [0.3, 0.4) is 0 Å². The third-order valence-electron chi connectivity index (χ3n) is 4.28. The van der Waals surface area contributed by atoms with Gasteiger partial charge >= 0.3 is 17.6 Å². The standard InChI is InChI=1S/C20H15N3O8/c1-10-3-2-4-11(9-10)12-7-8-30-17(12)20(27)31-19(26)13-5-6-14(24)16(23(28)29)15(13)18(25)22-21/h2-9,24H,21H2,1H3,(H,22,25). The number of nitrogens with zero attached hydrogens (tertiary/aromatic N) is 1. The fourth-order valence-electron chi connectivity index (χ4n) is 2.93. The number of ether oxygens (including phenoxy) is 1. The molecule has 0 unspecified atom stereocenters. The van der Waals surface area contributed by atoms with E-state index in [-0.39, 0.29) is 5.76 Å². The fourth-order valence-corrected chi connectivity index (χ4v) is 2.93. The van der Waals surface area contributed by atoms with Crippen molar-refractivity contribution in [2.45, 2.75) is 6.92 Å². The van der Waals surface area contributed by atoms with E-state index < -0.39 is 45.3 Å². The lowest BCUT2D eigenvalue weighted by atomic mass is 10.0. The highest BCUT2D eigenvalue weighted by Crippen LogP contribution is 2.33. The first-order chi connectivity index (χ1) is 14.7. The monoisotopic (exact) mass is 425 g/mol. The van der Waals surface area contributed by atoms with E-state index in [9.17, 15) is 29.6 Å². The summed E-state index contributed by atoms with van der Waals surface area (Å²) >= 11 is 0. The number of hydrogen-bond acceptors (Lipinski definition) is 9. The first kappa shape index (κ1) is 21.2. The predicted octanol–water partition coefficient (Wildman–Crippen LogP) is 2.47. The van der Waals surface area contributed by atoms with E-state index in [1.807, 2.05) is 13.0 Å². The van der Waals surface area contributed by atoms with Crippen molar-refractivity contribution in [3.05, 3.63) is 81.3 Å². The highest BCUT2D eigenvalue weighted by Gasteiger charge is 2.33. The van der Waals surface area contributed by atoms with Crippen LogP contribution in [-0.2, 0) is 4.74 Å². The largest absolute Gasteiger partial charge is 0.502 e. The van der Waals surface area contributed by atoms with Gasteiger partial charge in [0.05, 0.1) is 16.7 Å². The van der Waals surface area contributed by atoms with Crippen LogP contribution in [0.4, 0.5) is 5.69 Å². The minimum atomic E-state index is -1.38. The minimum absolute atomic E-state index is 0.281. The Morgan fingerprint density at radius 3 is 2.55 bits per heavy atom. The average Bonchev–Trinajstić information content (AvgIpc) is 3.22. The molecule has 1 heterocycles. The van der Waals surface area contributed by atoms with Crippen molar-refractivity contribution >= 4 is 23.5 Å². The van der Waals surface area contributed by atoms with Gasteiger partial charge in [0.25, 0.3) is 5.91 Å². The number of nitrogens with two attached hydrogens (primary N) is 1. The van der Waals surface area contributed by atoms with Gasteiger partial charge in [-0.15, -0.1) is 0 Å². The van der Waals surface area contributed by atoms with Gasteiger partial charge in [0.15, 0.2) is 5.75 Å². The van der Waals surface area contributed by atoms with Crippen LogP contribution in [0.5, 0.6) is 5.75 Å². The lowest BCUT2D eigenvalue weighted by molar-refractivity contribution is -0.386. The molecule has 3 rings (SSSR count). The molecule has 0 atom stereocenters. The van der Waals surface area contributed by atoms with Crippen molar-refractivity contribution in [1.29, 1.82) is 0 Å². The number of furan rings is 1. The van der Waals surface area contributed by atoms with Crippen LogP contribution in [0, 0.1) is 17.0 Å². The molecule has 11 nitrogen and oxygen atoms in total. The zero-order valence-corrected chi connectivity index (χ0v) is 15.9. The van der Waals surface area contributed by atoms with Gasteiger partial charge in [-0.2, -0.15) is 0 Å². The van der Waals surface area contributed by atoms with E-state index in [0.29, 0.717) is 11.1 Å². The number of nitro groups is 1. The quantitative estimate of drug-likeness (QED) is 0.138. The van der Waals surface area contributed by atoms with Crippen LogP contribution < -0.4 is 11.3 Å². The van der Waals surface area contributed by atoms with E-state index >= 15 is 0 Å². The number of carbonyl (C=O) groups is 3. The molecule has 0 fully saturated rings. The summed E-state index contributed by atoms with van der Waals surface area (Å²) in [6.07, 6.45) is 1.23. The van der Waals surface area contributed by atoms with Crippen molar-refractivity contribution in [3.8, 4) is 16.9 Å². The molecule has 2 aromatic carbocycles. The second-order valence-electron chi connectivity index (χ2n) is 6.30. The number of nitro benzene ring substituents is 1. The number of nitrogens with one attached hydrogen (secondary N) is 1. The van der Waals surface area contributed by atoms with Crippen molar-refractivity contribution in [1.82, 2.24) is 5.43 Å². The Labute approximate surface area is 174 Å². The van der Waals surface area contributed by atoms with E-state index in [1.54, 1.807) is 23.6 Å². The molecule has 158 valence electrons. The number of nitrogen functional groups attached to an aromatic ring is 1. The van der Waals surface area contributed by atoms with Crippen LogP contribution in [0.25, 0.3) is 11.1 Å². The summed E-state index contributed by atoms with van der Waals surface area (Å²) in [6.45, 7) is 1.85. The summed E-state index contributed by atoms with van der Waals surface area (Å²) in [7, 11) is 0. The average molecular weight is 425 g/mol. The molecule has 0 saturated carbocycles. The molecular weight excluding hydrogens is 410 g/mol. The molecule has 0 aliphatic carbocycles. The lowest BCUT2D eigenvalue weighted by Crippen LogP contribution is -2.32. The first-order valence-electron chi connectivity index (χ1n) is 8.67. The highest BCUT2D eigenvalue weighted by molar-refractivity contribution is 6.12. The van der Waals surface area contributed by atoms with Crippen molar-refractivity contribution < 1.29 is 33.6 Å². The number of phenols is 1. The molecule has 1 aromatic heterocycles. The molecule has 0 aliphatic rings. The molecule has 4 N–H and O–H groups in total. The number of esters is 2. The molecule has 1 amide bonds. The summed E-state index contributed by atoms with van der Waals surface area (Å²) < 4.78 is 9.95. The molecule has 0 spiro atoms. The maximum atomic E-state index is 12.6. The van der Waals surface area contributed by atoms with Gasteiger partial charge in [0.1, 0.15) is 5.56 Å². The number of rotatable bonds is 5. The van der Waals surface area contributed by atoms with Gasteiger partial charge in [-0.1, -0.05) is 29.8 Å². The number of hydrogen-bond donors (Lipinski definition) is 3. The number of hydrazine groups is 1. The maximum Gasteiger partial charge on any atom is 0.382 e. The van der Waals surface area contributed by atoms with Crippen LogP contribution in [-0.4, -0.2) is 27.9 Å². The smallest absolute Gasteiger partial charge is 0.382 e. The number of benzene rings is 2. The summed E-state index contributed by atoms with van der Waals surface area (Å²) in [5.74, 6) is 0.0815. The normalized spacial score (nSPS) is 10.4. The zero-order valence-electron chi connectivity index (χ0n) is 15.9. The van der Waals surface area contributed by atoms with Crippen LogP contribution in [0.15, 0.2) is 53.1 Å². The molecule has 31 heavy (non-hydrogen) atoms. The Hall–Kier alpha value is -4.51. The summed E-state index contributed by atoms with van der Waals surface area (Å²) in [6, 6.07) is 10.4. The van der Waals surface area contributed by atoms with Gasteiger partial charge in [-0.3, -0.25) is 20.3 Å². The number of carbonyl (C=O) groups excluding carboxylic acids is 3. The van der Waals surface area contributed by atoms with Crippen molar-refractivity contribution in [2.75, 3.05) is 0 Å². The molecule has 0 aliphatic heterocycles. The van der Waals surface area contributed by atoms with Gasteiger partial charge in [-0.05, 0) is 30.7 Å². The van der Waals surface area contributed by atoms with E-state index in [2.05, 4.69) is 0 Å². The number of phenolic OH excluding ortho intramolecular Hbond substituents is 1. The number of amides is 1. The summed E-state index contributed by atoms with van der Waals surface area (Å²) in [5, 5.41) is 21.0. The van der Waals surface area contributed by atoms with Gasteiger partial charge in [0, 0.05) is 5.56 Å². The molecule has 0 radical (unpaired) electrons. The van der Waals surface area contributed by atoms with Gasteiger partial charge < -0.3 is 14.3 Å². The Morgan fingerprint density at radius 2 is 1.90 bits per heavy atom. The fraction of sp³-hybridized carbons (Fsp3) is 0.0500. The number of aryl methyl sites for hydroxylation is 1. The molecule has 3 aromatic rings. The van der Waals surface area contributed by atoms with Crippen LogP contribution in [0.2, 0.25) is 0 Å². The Morgan fingerprint density at radius 1 is 1.16 bits per heavy atom. The Bertz CT molecular complexity index is 1210. The minimum Gasteiger partial charge on any atom is -0.502 e. The lowest BCUT2D eigenvalue weighted by Gasteiger charge is -2.09. The second-order valence-corrected chi connectivity index (χ2v) is 6.30. The highest BCUT2D eigenvalue weighted by atomic mass is 16.6. The Balaban J connectivity index is 1.98. The SMILES string of the molecule is Cc1cccc(-c2ccoc2C(=O)OC(=O)c2ccc(O)c([N+](=O)[O-])c2C(=O)NN)c1. The maximum absolute atomic E-state index is 12.6. The van der Waals surface area contributed by atoms with Crippen molar-refractivity contribution in [2.24, 2.45) is 5.84 Å². The zero-order chi connectivity index (χ0) is 22.7. The molecular formula is C20H15N3O8. The first-order valence-corrected chi connectivity index (χ1v) is 8.67.